The summed E-state index contributed by atoms with van der Waals surface area (Å²) in [6.45, 7) is 8.15. The molecule has 4 rings (SSSR count). The molecule has 196 valence electrons. The number of aliphatic hydroxyl groups excluding tert-OH is 5. The Bertz CT molecular complexity index is 800. The van der Waals surface area contributed by atoms with E-state index in [1.54, 1.807) is 6.92 Å². The van der Waals surface area contributed by atoms with Gasteiger partial charge in [-0.3, -0.25) is 0 Å². The summed E-state index contributed by atoms with van der Waals surface area (Å²) < 4.78 is 0. The molecule has 0 aromatic heterocycles. The summed E-state index contributed by atoms with van der Waals surface area (Å²) in [5.74, 6) is 0.935. The Morgan fingerprint density at radius 3 is 2.21 bits per heavy atom. The van der Waals surface area contributed by atoms with E-state index in [2.05, 4.69) is 20.8 Å². The van der Waals surface area contributed by atoms with Crippen LogP contribution in [0.5, 0.6) is 0 Å². The molecule has 0 radical (unpaired) electrons. The van der Waals surface area contributed by atoms with Crippen LogP contribution in [0.3, 0.4) is 0 Å². The van der Waals surface area contributed by atoms with Crippen molar-refractivity contribution in [3.05, 3.63) is 11.6 Å². The van der Waals surface area contributed by atoms with Crippen molar-refractivity contribution in [2.75, 3.05) is 6.61 Å². The Labute approximate surface area is 203 Å². The molecule has 0 spiro atoms. The molecule has 0 bridgehead atoms. The highest BCUT2D eigenvalue weighted by molar-refractivity contribution is 5.42. The Hall–Kier alpha value is -0.540. The van der Waals surface area contributed by atoms with Crippen molar-refractivity contribution in [1.29, 1.82) is 0 Å². The van der Waals surface area contributed by atoms with Crippen molar-refractivity contribution in [3.8, 4) is 0 Å². The molecular formula is C27H46O7. The smallest absolute Gasteiger partial charge is 0.120 e. The lowest BCUT2D eigenvalue weighted by atomic mass is 9.42. The van der Waals surface area contributed by atoms with E-state index in [-0.39, 0.29) is 37.7 Å². The average molecular weight is 483 g/mol. The van der Waals surface area contributed by atoms with Crippen LogP contribution in [0.1, 0.15) is 79.1 Å². The molecule has 4 aliphatic rings. The minimum Gasteiger partial charge on any atom is -0.396 e. The molecule has 4 aliphatic carbocycles. The van der Waals surface area contributed by atoms with Gasteiger partial charge < -0.3 is 35.7 Å². The zero-order valence-corrected chi connectivity index (χ0v) is 21.2. The van der Waals surface area contributed by atoms with E-state index >= 15 is 0 Å². The van der Waals surface area contributed by atoms with Crippen molar-refractivity contribution < 1.29 is 35.7 Å². The van der Waals surface area contributed by atoms with Crippen LogP contribution in [0.15, 0.2) is 11.6 Å². The Morgan fingerprint density at radius 1 is 0.941 bits per heavy atom. The number of aliphatic hydroxyl groups is 7. The monoisotopic (exact) mass is 482 g/mol. The molecule has 0 heterocycles. The molecule has 0 aromatic carbocycles. The lowest BCUT2D eigenvalue weighted by molar-refractivity contribution is -0.297. The van der Waals surface area contributed by atoms with Gasteiger partial charge >= 0.3 is 0 Å². The van der Waals surface area contributed by atoms with Crippen LogP contribution in [0, 0.1) is 34.5 Å². The first-order valence-corrected chi connectivity index (χ1v) is 13.3. The van der Waals surface area contributed by atoms with E-state index in [4.69, 9.17) is 0 Å². The fraction of sp³-hybridized carbons (Fsp3) is 0.926. The molecule has 34 heavy (non-hydrogen) atoms. The van der Waals surface area contributed by atoms with Crippen LogP contribution in [0.4, 0.5) is 0 Å². The quantitative estimate of drug-likeness (QED) is 0.285. The molecule has 7 N–H and O–H groups in total. The highest BCUT2D eigenvalue weighted by atomic mass is 16.4. The van der Waals surface area contributed by atoms with Crippen LogP contribution >= 0.6 is 0 Å². The number of hydrogen-bond donors (Lipinski definition) is 7. The van der Waals surface area contributed by atoms with Gasteiger partial charge in [0.05, 0.1) is 18.3 Å². The third kappa shape index (κ3) is 3.41. The average Bonchev–Trinajstić information content (AvgIpc) is 3.13. The van der Waals surface area contributed by atoms with Gasteiger partial charge in [-0.25, -0.2) is 0 Å². The molecule has 11 atom stereocenters. The van der Waals surface area contributed by atoms with Gasteiger partial charge in [-0.05, 0) is 54.9 Å². The second kappa shape index (κ2) is 8.79. The predicted octanol–water partition coefficient (Wildman–Crippen LogP) is 1.50. The zero-order chi connectivity index (χ0) is 25.3. The van der Waals surface area contributed by atoms with Crippen LogP contribution in [0.25, 0.3) is 0 Å². The standard InChI is InChI=1S/C27H46O7/c1-15(2)6-5-7-16(3)17-8-9-18-19-10-22(31)26(33)12-21(30)20(29)11-24(26,4)27(19,34)23(32)13-25(17,18)14-28/h10,15-18,20-23,28-34H,5-9,11-14H2,1-4H3/t16-,17-,18+,20-,21-,22-,23-,24+,25+,26+,27+/m1/s1. The highest BCUT2D eigenvalue weighted by Crippen LogP contribution is 2.69. The zero-order valence-electron chi connectivity index (χ0n) is 21.2. The van der Waals surface area contributed by atoms with Gasteiger partial charge in [0.2, 0.25) is 0 Å². The largest absolute Gasteiger partial charge is 0.396 e. The summed E-state index contributed by atoms with van der Waals surface area (Å²) in [5.41, 5.74) is -5.36. The lowest BCUT2D eigenvalue weighted by Crippen LogP contribution is -2.77. The van der Waals surface area contributed by atoms with E-state index < -0.39 is 46.4 Å². The highest BCUT2D eigenvalue weighted by Gasteiger charge is 2.75. The molecule has 0 saturated heterocycles. The minimum absolute atomic E-state index is 0.111. The van der Waals surface area contributed by atoms with Gasteiger partial charge in [0.15, 0.2) is 0 Å². The summed E-state index contributed by atoms with van der Waals surface area (Å²) in [6.07, 6.45) is 1.07. The summed E-state index contributed by atoms with van der Waals surface area (Å²) in [4.78, 5) is 0. The maximum Gasteiger partial charge on any atom is 0.120 e. The predicted molar refractivity (Wildman–Crippen MR) is 128 cm³/mol. The summed E-state index contributed by atoms with van der Waals surface area (Å²) in [5, 5.41) is 78.0. The van der Waals surface area contributed by atoms with Crippen molar-refractivity contribution in [1.82, 2.24) is 0 Å². The van der Waals surface area contributed by atoms with Crippen molar-refractivity contribution >= 4 is 0 Å². The second-order valence-electron chi connectivity index (χ2n) is 12.8. The van der Waals surface area contributed by atoms with Crippen LogP contribution in [-0.2, 0) is 0 Å². The van der Waals surface area contributed by atoms with Crippen molar-refractivity contribution in [3.63, 3.8) is 0 Å². The molecule has 0 amide bonds. The summed E-state index contributed by atoms with van der Waals surface area (Å²) in [6, 6.07) is 0. The second-order valence-corrected chi connectivity index (χ2v) is 12.8. The van der Waals surface area contributed by atoms with Gasteiger partial charge in [-0.2, -0.15) is 0 Å². The summed E-state index contributed by atoms with van der Waals surface area (Å²) >= 11 is 0. The Kier molecular flexibility index (Phi) is 6.86. The van der Waals surface area contributed by atoms with Crippen molar-refractivity contribution in [2.24, 2.45) is 34.5 Å². The molecule has 7 heteroatoms. The first-order chi connectivity index (χ1) is 15.8. The van der Waals surface area contributed by atoms with Crippen LogP contribution in [0.2, 0.25) is 0 Å². The van der Waals surface area contributed by atoms with Crippen LogP contribution < -0.4 is 0 Å². The normalized spacial score (nSPS) is 51.5. The van der Waals surface area contributed by atoms with E-state index in [0.29, 0.717) is 17.4 Å². The van der Waals surface area contributed by atoms with Gasteiger partial charge in [0, 0.05) is 23.9 Å². The number of rotatable bonds is 6. The first-order valence-electron chi connectivity index (χ1n) is 13.3. The molecule has 0 unspecified atom stereocenters. The van der Waals surface area contributed by atoms with E-state index in [1.165, 1.54) is 6.08 Å². The fourth-order valence-corrected chi connectivity index (χ4v) is 8.68. The van der Waals surface area contributed by atoms with Gasteiger partial charge in [0.1, 0.15) is 17.3 Å². The lowest BCUT2D eigenvalue weighted by Gasteiger charge is -2.67. The molecule has 0 aromatic rings. The van der Waals surface area contributed by atoms with Gasteiger partial charge in [-0.15, -0.1) is 0 Å². The third-order valence-corrected chi connectivity index (χ3v) is 10.7. The molecule has 3 saturated carbocycles. The van der Waals surface area contributed by atoms with Gasteiger partial charge in [-0.1, -0.05) is 53.0 Å². The van der Waals surface area contributed by atoms with E-state index in [0.717, 1.165) is 32.1 Å². The summed E-state index contributed by atoms with van der Waals surface area (Å²) in [7, 11) is 0. The van der Waals surface area contributed by atoms with Crippen LogP contribution in [-0.4, -0.2) is 78.0 Å². The Balaban J connectivity index is 1.73. The molecule has 0 aliphatic heterocycles. The van der Waals surface area contributed by atoms with Crippen molar-refractivity contribution in [2.45, 2.75) is 115 Å². The maximum atomic E-state index is 12.2. The number of hydrogen-bond acceptors (Lipinski definition) is 7. The van der Waals surface area contributed by atoms with E-state index in [9.17, 15) is 35.7 Å². The minimum atomic E-state index is -1.90. The topological polar surface area (TPSA) is 142 Å². The Morgan fingerprint density at radius 2 is 1.59 bits per heavy atom. The molecular weight excluding hydrogens is 436 g/mol. The van der Waals surface area contributed by atoms with E-state index in [1.807, 2.05) is 0 Å². The fourth-order valence-electron chi connectivity index (χ4n) is 8.68. The SMILES string of the molecule is CC(C)CCC[C@@H](C)[C@H]1CC[C@H]2C3=C[C@@H](O)[C@@]4(O)C[C@@H](O)[C@H](O)C[C@]4(C)[C@@]3(O)[C@H](O)C[C@]12CO. The molecule has 3 fully saturated rings. The third-order valence-electron chi connectivity index (χ3n) is 10.7. The molecule has 7 nitrogen and oxygen atoms in total. The maximum absolute atomic E-state index is 12.2. The first kappa shape index (κ1) is 26.5. The van der Waals surface area contributed by atoms with Gasteiger partial charge in [0.25, 0.3) is 0 Å². The number of fused-ring (bicyclic) bond motifs is 5.